The SMILES string of the molecule is CCOC(CSCC(=O)N1CCCCC1)OCC. The largest absolute Gasteiger partial charge is 0.352 e. The fourth-order valence-electron chi connectivity index (χ4n) is 1.99. The maximum Gasteiger partial charge on any atom is 0.232 e. The Morgan fingerprint density at radius 2 is 1.78 bits per heavy atom. The van der Waals surface area contributed by atoms with Gasteiger partial charge in [0.1, 0.15) is 0 Å². The highest BCUT2D eigenvalue weighted by molar-refractivity contribution is 7.99. The first-order valence-corrected chi connectivity index (χ1v) is 8.02. The van der Waals surface area contributed by atoms with E-state index in [4.69, 9.17) is 9.47 Å². The third kappa shape index (κ3) is 6.07. The Hall–Kier alpha value is -0.260. The van der Waals surface area contributed by atoms with Gasteiger partial charge in [0.05, 0.1) is 5.75 Å². The fourth-order valence-corrected chi connectivity index (χ4v) is 2.85. The number of likely N-dealkylation sites (tertiary alicyclic amines) is 1. The molecule has 0 aromatic rings. The predicted molar refractivity (Wildman–Crippen MR) is 74.8 cm³/mol. The Morgan fingerprint density at radius 1 is 1.17 bits per heavy atom. The topological polar surface area (TPSA) is 38.8 Å². The molecular weight excluding hydrogens is 250 g/mol. The number of hydrogen-bond acceptors (Lipinski definition) is 4. The molecule has 1 aliphatic rings. The summed E-state index contributed by atoms with van der Waals surface area (Å²) in [6.45, 7) is 7.06. The summed E-state index contributed by atoms with van der Waals surface area (Å²) in [5.41, 5.74) is 0. The van der Waals surface area contributed by atoms with Crippen molar-refractivity contribution in [3.8, 4) is 0 Å². The van der Waals surface area contributed by atoms with E-state index < -0.39 is 0 Å². The Bertz CT molecular complexity index is 226. The van der Waals surface area contributed by atoms with Gasteiger partial charge in [0.2, 0.25) is 5.91 Å². The molecule has 1 fully saturated rings. The molecule has 4 nitrogen and oxygen atoms in total. The molecule has 1 aliphatic heterocycles. The monoisotopic (exact) mass is 275 g/mol. The summed E-state index contributed by atoms with van der Waals surface area (Å²) in [4.78, 5) is 13.9. The highest BCUT2D eigenvalue weighted by atomic mass is 32.2. The van der Waals surface area contributed by atoms with Gasteiger partial charge in [-0.2, -0.15) is 0 Å². The van der Waals surface area contributed by atoms with Crippen LogP contribution in [0.5, 0.6) is 0 Å². The van der Waals surface area contributed by atoms with Crippen LogP contribution in [0.25, 0.3) is 0 Å². The molecule has 106 valence electrons. The number of rotatable bonds is 8. The Labute approximate surface area is 114 Å². The molecule has 1 heterocycles. The van der Waals surface area contributed by atoms with Crippen LogP contribution in [0.2, 0.25) is 0 Å². The van der Waals surface area contributed by atoms with Crippen LogP contribution in [0.4, 0.5) is 0 Å². The summed E-state index contributed by atoms with van der Waals surface area (Å²) < 4.78 is 10.9. The highest BCUT2D eigenvalue weighted by Crippen LogP contribution is 2.13. The standard InChI is InChI=1S/C13H25NO3S/c1-3-16-13(17-4-2)11-18-10-12(15)14-8-6-5-7-9-14/h13H,3-11H2,1-2H3. The van der Waals surface area contributed by atoms with Crippen LogP contribution in [0.15, 0.2) is 0 Å². The highest BCUT2D eigenvalue weighted by Gasteiger charge is 2.17. The lowest BCUT2D eigenvalue weighted by Crippen LogP contribution is -2.37. The number of carbonyl (C=O) groups is 1. The van der Waals surface area contributed by atoms with Crippen molar-refractivity contribution in [2.45, 2.75) is 39.4 Å². The van der Waals surface area contributed by atoms with Crippen molar-refractivity contribution in [3.05, 3.63) is 0 Å². The van der Waals surface area contributed by atoms with Gasteiger partial charge in [-0.05, 0) is 33.1 Å². The minimum Gasteiger partial charge on any atom is -0.352 e. The van der Waals surface area contributed by atoms with Gasteiger partial charge in [0.15, 0.2) is 6.29 Å². The van der Waals surface area contributed by atoms with Gasteiger partial charge < -0.3 is 14.4 Å². The molecule has 0 spiro atoms. The molecule has 18 heavy (non-hydrogen) atoms. The molecule has 1 saturated heterocycles. The van der Waals surface area contributed by atoms with Gasteiger partial charge in [-0.3, -0.25) is 4.79 Å². The molecule has 0 aromatic heterocycles. The van der Waals surface area contributed by atoms with E-state index >= 15 is 0 Å². The fraction of sp³-hybridized carbons (Fsp3) is 0.923. The molecule has 0 unspecified atom stereocenters. The second-order valence-electron chi connectivity index (χ2n) is 4.30. The lowest BCUT2D eigenvalue weighted by molar-refractivity contribution is -0.129. The first kappa shape index (κ1) is 15.8. The van der Waals surface area contributed by atoms with E-state index in [0.717, 1.165) is 31.7 Å². The summed E-state index contributed by atoms with van der Waals surface area (Å²) in [6, 6.07) is 0. The molecule has 1 rings (SSSR count). The van der Waals surface area contributed by atoms with Crippen molar-refractivity contribution in [3.63, 3.8) is 0 Å². The van der Waals surface area contributed by atoms with Crippen molar-refractivity contribution >= 4 is 17.7 Å². The zero-order valence-corrected chi connectivity index (χ0v) is 12.3. The lowest BCUT2D eigenvalue weighted by Gasteiger charge is -2.26. The Balaban J connectivity index is 2.16. The third-order valence-electron chi connectivity index (χ3n) is 2.89. The number of amides is 1. The third-order valence-corrected chi connectivity index (χ3v) is 3.85. The van der Waals surface area contributed by atoms with E-state index in [2.05, 4.69) is 0 Å². The van der Waals surface area contributed by atoms with Crippen LogP contribution in [-0.4, -0.2) is 54.9 Å². The van der Waals surface area contributed by atoms with Crippen molar-refractivity contribution < 1.29 is 14.3 Å². The van der Waals surface area contributed by atoms with Crippen LogP contribution in [0, 0.1) is 0 Å². The molecule has 0 atom stereocenters. The lowest BCUT2D eigenvalue weighted by atomic mass is 10.1. The van der Waals surface area contributed by atoms with E-state index in [0.29, 0.717) is 19.0 Å². The van der Waals surface area contributed by atoms with E-state index in [1.807, 2.05) is 18.7 Å². The molecule has 5 heteroatoms. The van der Waals surface area contributed by atoms with Crippen LogP contribution >= 0.6 is 11.8 Å². The molecule has 0 radical (unpaired) electrons. The minimum atomic E-state index is -0.181. The summed E-state index contributed by atoms with van der Waals surface area (Å²) in [6.07, 6.45) is 3.38. The van der Waals surface area contributed by atoms with Crippen molar-refractivity contribution in [1.82, 2.24) is 4.90 Å². The second kappa shape index (κ2) is 9.64. The zero-order valence-electron chi connectivity index (χ0n) is 11.5. The molecule has 0 aliphatic carbocycles. The Kier molecular flexibility index (Phi) is 8.46. The average molecular weight is 275 g/mol. The Morgan fingerprint density at radius 3 is 2.33 bits per heavy atom. The summed E-state index contributed by atoms with van der Waals surface area (Å²) in [7, 11) is 0. The van der Waals surface area contributed by atoms with Crippen LogP contribution in [0.3, 0.4) is 0 Å². The van der Waals surface area contributed by atoms with E-state index in [9.17, 15) is 4.79 Å². The maximum absolute atomic E-state index is 11.9. The van der Waals surface area contributed by atoms with E-state index in [-0.39, 0.29) is 12.2 Å². The van der Waals surface area contributed by atoms with E-state index in [1.165, 1.54) is 6.42 Å². The molecular formula is C13H25NO3S. The number of hydrogen-bond donors (Lipinski definition) is 0. The number of carbonyl (C=O) groups excluding carboxylic acids is 1. The molecule has 0 saturated carbocycles. The molecule has 1 amide bonds. The number of ether oxygens (including phenoxy) is 2. The molecule has 0 aromatic carbocycles. The first-order chi connectivity index (χ1) is 8.77. The number of piperidine rings is 1. The summed E-state index contributed by atoms with van der Waals surface area (Å²) in [5.74, 6) is 1.52. The van der Waals surface area contributed by atoms with Gasteiger partial charge >= 0.3 is 0 Å². The molecule has 0 N–H and O–H groups in total. The van der Waals surface area contributed by atoms with Crippen molar-refractivity contribution in [1.29, 1.82) is 0 Å². The van der Waals surface area contributed by atoms with Crippen LogP contribution < -0.4 is 0 Å². The van der Waals surface area contributed by atoms with Crippen molar-refractivity contribution in [2.24, 2.45) is 0 Å². The summed E-state index contributed by atoms with van der Waals surface area (Å²) in [5, 5.41) is 0. The van der Waals surface area contributed by atoms with Gasteiger partial charge in [-0.1, -0.05) is 0 Å². The van der Waals surface area contributed by atoms with Gasteiger partial charge in [0.25, 0.3) is 0 Å². The van der Waals surface area contributed by atoms with Crippen molar-refractivity contribution in [2.75, 3.05) is 37.8 Å². The molecule has 0 bridgehead atoms. The zero-order chi connectivity index (χ0) is 13.2. The van der Waals surface area contributed by atoms with E-state index in [1.54, 1.807) is 11.8 Å². The number of thioether (sulfide) groups is 1. The minimum absolute atomic E-state index is 0.181. The number of nitrogens with zero attached hydrogens (tertiary/aromatic N) is 1. The predicted octanol–water partition coefficient (Wildman–Crippen LogP) is 2.13. The first-order valence-electron chi connectivity index (χ1n) is 6.86. The average Bonchev–Trinajstić information content (AvgIpc) is 2.40. The second-order valence-corrected chi connectivity index (χ2v) is 5.33. The van der Waals surface area contributed by atoms with Crippen LogP contribution in [-0.2, 0) is 14.3 Å². The van der Waals surface area contributed by atoms with Crippen LogP contribution in [0.1, 0.15) is 33.1 Å². The summed E-state index contributed by atoms with van der Waals surface area (Å²) >= 11 is 1.60. The van der Waals surface area contributed by atoms with Gasteiger partial charge in [0, 0.05) is 32.1 Å². The quantitative estimate of drug-likeness (QED) is 0.636. The van der Waals surface area contributed by atoms with Gasteiger partial charge in [-0.15, -0.1) is 11.8 Å². The smallest absolute Gasteiger partial charge is 0.232 e. The van der Waals surface area contributed by atoms with Gasteiger partial charge in [-0.25, -0.2) is 0 Å². The normalized spacial score (nSPS) is 16.3. The maximum atomic E-state index is 11.9.